The third kappa shape index (κ3) is 3.31. The Morgan fingerprint density at radius 3 is 2.32 bits per heavy atom. The Balaban J connectivity index is 1.56. The van der Waals surface area contributed by atoms with Gasteiger partial charge in [0.15, 0.2) is 0 Å². The fourth-order valence-electron chi connectivity index (χ4n) is 3.86. The summed E-state index contributed by atoms with van der Waals surface area (Å²) in [6.07, 6.45) is 7.32. The van der Waals surface area contributed by atoms with E-state index in [9.17, 15) is 4.79 Å². The van der Waals surface area contributed by atoms with Crippen LogP contribution in [0.15, 0.2) is 24.3 Å². The van der Waals surface area contributed by atoms with E-state index in [4.69, 9.17) is 16.7 Å². The van der Waals surface area contributed by atoms with Crippen molar-refractivity contribution in [2.24, 2.45) is 5.92 Å². The minimum Gasteiger partial charge on any atom is -0.481 e. The van der Waals surface area contributed by atoms with E-state index in [2.05, 4.69) is 17.4 Å². The maximum atomic E-state index is 11.0. The number of carboxylic acids is 1. The first kappa shape index (κ1) is 15.8. The van der Waals surface area contributed by atoms with Crippen LogP contribution in [0.3, 0.4) is 0 Å². The first-order valence-corrected chi connectivity index (χ1v) is 8.69. The maximum Gasteiger partial charge on any atom is 0.306 e. The van der Waals surface area contributed by atoms with Gasteiger partial charge in [0, 0.05) is 23.0 Å². The van der Waals surface area contributed by atoms with Crippen molar-refractivity contribution >= 4 is 17.6 Å². The molecule has 3 nitrogen and oxygen atoms in total. The second kappa shape index (κ2) is 6.59. The minimum atomic E-state index is -0.630. The number of hydrogen-bond donors (Lipinski definition) is 2. The van der Waals surface area contributed by atoms with Crippen molar-refractivity contribution in [3.05, 3.63) is 34.9 Å². The minimum absolute atomic E-state index is 0.132. The molecular formula is C18H24ClNO2. The van der Waals surface area contributed by atoms with Gasteiger partial charge >= 0.3 is 5.97 Å². The predicted molar refractivity (Wildman–Crippen MR) is 88.4 cm³/mol. The van der Waals surface area contributed by atoms with E-state index in [1.807, 2.05) is 12.1 Å². The van der Waals surface area contributed by atoms with Gasteiger partial charge in [-0.05, 0) is 56.2 Å². The van der Waals surface area contributed by atoms with Crippen LogP contribution in [-0.4, -0.2) is 23.7 Å². The smallest absolute Gasteiger partial charge is 0.306 e. The number of carbonyl (C=O) groups is 1. The molecule has 0 spiro atoms. The molecule has 2 fully saturated rings. The molecule has 0 saturated heterocycles. The van der Waals surface area contributed by atoms with E-state index in [0.29, 0.717) is 6.04 Å². The highest BCUT2D eigenvalue weighted by Gasteiger charge is 2.39. The third-order valence-corrected chi connectivity index (χ3v) is 5.82. The maximum absolute atomic E-state index is 11.0. The molecule has 22 heavy (non-hydrogen) atoms. The van der Waals surface area contributed by atoms with Gasteiger partial charge in [0.05, 0.1) is 5.92 Å². The zero-order valence-corrected chi connectivity index (χ0v) is 13.6. The second-order valence-electron chi connectivity index (χ2n) is 6.91. The molecule has 0 radical (unpaired) electrons. The Morgan fingerprint density at radius 1 is 1.18 bits per heavy atom. The van der Waals surface area contributed by atoms with Crippen LogP contribution in [0.4, 0.5) is 0 Å². The van der Waals surface area contributed by atoms with Crippen LogP contribution in [-0.2, 0) is 10.2 Å². The Bertz CT molecular complexity index is 516. The largest absolute Gasteiger partial charge is 0.481 e. The summed E-state index contributed by atoms with van der Waals surface area (Å²) in [5.41, 5.74) is 1.64. The molecule has 0 unspecified atom stereocenters. The molecule has 1 aromatic carbocycles. The number of hydrogen-bond acceptors (Lipinski definition) is 2. The average Bonchev–Trinajstić information content (AvgIpc) is 2.48. The van der Waals surface area contributed by atoms with E-state index in [0.717, 1.165) is 37.3 Å². The summed E-state index contributed by atoms with van der Waals surface area (Å²) in [6.45, 7) is 0.997. The zero-order valence-electron chi connectivity index (χ0n) is 12.9. The fourth-order valence-corrected chi connectivity index (χ4v) is 3.98. The molecule has 0 aromatic heterocycles. The van der Waals surface area contributed by atoms with Crippen LogP contribution in [0.25, 0.3) is 0 Å². The number of rotatable bonds is 5. The summed E-state index contributed by atoms with van der Waals surface area (Å²) >= 11 is 6.00. The molecule has 2 N–H and O–H groups in total. The van der Waals surface area contributed by atoms with Gasteiger partial charge < -0.3 is 10.4 Å². The predicted octanol–water partition coefficient (Wildman–Crippen LogP) is 3.99. The SMILES string of the molecule is O=C(O)C1CCC(NCC2(c3ccc(Cl)cc3)CCC2)CC1. The highest BCUT2D eigenvalue weighted by Crippen LogP contribution is 2.43. The summed E-state index contributed by atoms with van der Waals surface area (Å²) in [6, 6.07) is 8.75. The van der Waals surface area contributed by atoms with Crippen LogP contribution >= 0.6 is 11.6 Å². The van der Waals surface area contributed by atoms with Crippen LogP contribution in [0, 0.1) is 5.92 Å². The molecule has 2 aliphatic carbocycles. The van der Waals surface area contributed by atoms with Gasteiger partial charge in [-0.3, -0.25) is 4.79 Å². The molecule has 3 rings (SSSR count). The topological polar surface area (TPSA) is 49.3 Å². The van der Waals surface area contributed by atoms with Crippen LogP contribution in [0.1, 0.15) is 50.5 Å². The lowest BCUT2D eigenvalue weighted by molar-refractivity contribution is -0.142. The van der Waals surface area contributed by atoms with E-state index in [1.54, 1.807) is 0 Å². The monoisotopic (exact) mass is 321 g/mol. The molecule has 0 atom stereocenters. The van der Waals surface area contributed by atoms with Crippen molar-refractivity contribution in [1.82, 2.24) is 5.32 Å². The second-order valence-corrected chi connectivity index (χ2v) is 7.34. The molecule has 0 heterocycles. The van der Waals surface area contributed by atoms with Crippen molar-refractivity contribution in [1.29, 1.82) is 0 Å². The normalized spacial score (nSPS) is 27.1. The molecule has 1 aromatic rings. The molecule has 0 aliphatic heterocycles. The Morgan fingerprint density at radius 2 is 1.82 bits per heavy atom. The number of halogens is 1. The lowest BCUT2D eigenvalue weighted by Crippen LogP contribution is -2.47. The highest BCUT2D eigenvalue weighted by atomic mass is 35.5. The standard InChI is InChI=1S/C18H24ClNO2/c19-15-6-4-14(5-7-15)18(10-1-11-18)12-20-16-8-2-13(3-9-16)17(21)22/h4-7,13,16,20H,1-3,8-12H2,(H,21,22). The van der Waals surface area contributed by atoms with Crippen molar-refractivity contribution in [2.75, 3.05) is 6.54 Å². The summed E-state index contributed by atoms with van der Waals surface area (Å²) in [7, 11) is 0. The van der Waals surface area contributed by atoms with Crippen LogP contribution < -0.4 is 5.32 Å². The van der Waals surface area contributed by atoms with Crippen molar-refractivity contribution in [3.63, 3.8) is 0 Å². The summed E-state index contributed by atoms with van der Waals surface area (Å²) in [5.74, 6) is -0.762. The van der Waals surface area contributed by atoms with E-state index in [-0.39, 0.29) is 11.3 Å². The van der Waals surface area contributed by atoms with Crippen molar-refractivity contribution in [3.8, 4) is 0 Å². The molecular weight excluding hydrogens is 298 g/mol. The molecule has 0 bridgehead atoms. The van der Waals surface area contributed by atoms with Gasteiger partial charge in [0.1, 0.15) is 0 Å². The summed E-state index contributed by atoms with van der Waals surface area (Å²) < 4.78 is 0. The number of carboxylic acid groups (broad SMARTS) is 1. The molecule has 2 aliphatic rings. The third-order valence-electron chi connectivity index (χ3n) is 5.57. The van der Waals surface area contributed by atoms with Gasteiger partial charge in [-0.2, -0.15) is 0 Å². The van der Waals surface area contributed by atoms with E-state index in [1.165, 1.54) is 24.8 Å². The lowest BCUT2D eigenvalue weighted by atomic mass is 9.64. The van der Waals surface area contributed by atoms with Gasteiger partial charge in [0.25, 0.3) is 0 Å². The van der Waals surface area contributed by atoms with Crippen molar-refractivity contribution in [2.45, 2.75) is 56.4 Å². The molecule has 120 valence electrons. The number of aliphatic carboxylic acids is 1. The summed E-state index contributed by atoms with van der Waals surface area (Å²) in [5, 5.41) is 13.6. The first-order valence-electron chi connectivity index (χ1n) is 8.31. The Kier molecular flexibility index (Phi) is 4.74. The quantitative estimate of drug-likeness (QED) is 0.862. The zero-order chi connectivity index (χ0) is 15.6. The van der Waals surface area contributed by atoms with Crippen LogP contribution in [0.2, 0.25) is 5.02 Å². The van der Waals surface area contributed by atoms with Crippen molar-refractivity contribution < 1.29 is 9.90 Å². The summed E-state index contributed by atoms with van der Waals surface area (Å²) in [4.78, 5) is 11.0. The number of nitrogens with one attached hydrogen (secondary N) is 1. The Labute approximate surface area is 137 Å². The van der Waals surface area contributed by atoms with Crippen LogP contribution in [0.5, 0.6) is 0 Å². The Hall–Kier alpha value is -1.06. The number of benzene rings is 1. The average molecular weight is 322 g/mol. The van der Waals surface area contributed by atoms with Gasteiger partial charge in [-0.25, -0.2) is 0 Å². The van der Waals surface area contributed by atoms with Gasteiger partial charge in [0.2, 0.25) is 0 Å². The van der Waals surface area contributed by atoms with Gasteiger partial charge in [-0.1, -0.05) is 30.2 Å². The van der Waals surface area contributed by atoms with E-state index < -0.39 is 5.97 Å². The fraction of sp³-hybridized carbons (Fsp3) is 0.611. The van der Waals surface area contributed by atoms with Gasteiger partial charge in [-0.15, -0.1) is 0 Å². The molecule has 4 heteroatoms. The lowest BCUT2D eigenvalue weighted by Gasteiger charge is -2.44. The highest BCUT2D eigenvalue weighted by molar-refractivity contribution is 6.30. The first-order chi connectivity index (χ1) is 10.6. The van der Waals surface area contributed by atoms with E-state index >= 15 is 0 Å². The molecule has 0 amide bonds. The molecule has 2 saturated carbocycles.